The predicted molar refractivity (Wildman–Crippen MR) is 25.4 cm³/mol. The van der Waals surface area contributed by atoms with Crippen LogP contribution in [-0.4, -0.2) is 43.4 Å². The third-order valence-electron chi connectivity index (χ3n) is 0. The van der Waals surface area contributed by atoms with Gasteiger partial charge in [-0.3, -0.25) is 0 Å². The van der Waals surface area contributed by atoms with Gasteiger partial charge in [-0.15, -0.1) is 0 Å². The van der Waals surface area contributed by atoms with Crippen molar-refractivity contribution in [1.29, 1.82) is 0 Å². The third kappa shape index (κ3) is 115. The molecule has 0 fully saturated rings. The van der Waals surface area contributed by atoms with E-state index in [9.17, 15) is 0 Å². The molecule has 2 heteroatoms. The van der Waals surface area contributed by atoms with Crippen LogP contribution < -0.4 is 0 Å². The summed E-state index contributed by atoms with van der Waals surface area (Å²) in [5.74, 6) is 0. The summed E-state index contributed by atoms with van der Waals surface area (Å²) in [6.07, 6.45) is 0. The molecule has 0 radical (unpaired) electrons. The Morgan fingerprint density at radius 2 is 1.00 bits per heavy atom. The van der Waals surface area contributed by atoms with Crippen LogP contribution in [0.5, 0.6) is 0 Å². The van der Waals surface area contributed by atoms with Gasteiger partial charge in [0.15, 0.2) is 0 Å². The van der Waals surface area contributed by atoms with Gasteiger partial charge < -0.3 is 4.90 Å². The molecule has 0 bridgehead atoms. The first-order valence-electron chi connectivity index (χ1n) is 1.34. The summed E-state index contributed by atoms with van der Waals surface area (Å²) in [5, 5.41) is 0. The third-order valence-corrected chi connectivity index (χ3v) is 0. The van der Waals surface area contributed by atoms with Gasteiger partial charge in [0.2, 0.25) is 0 Å². The molecule has 1 nitrogen and oxygen atoms in total. The van der Waals surface area contributed by atoms with Crippen molar-refractivity contribution in [1.82, 2.24) is 4.90 Å². The van der Waals surface area contributed by atoms with Crippen molar-refractivity contribution in [3.05, 3.63) is 0 Å². The molecule has 0 N–H and O–H groups in total. The van der Waals surface area contributed by atoms with Crippen molar-refractivity contribution in [2.75, 3.05) is 21.1 Å². The number of rotatable bonds is 0. The standard InChI is InChI=1S/C3H9N.Al/c1-4(2)3;/h1-3H3;/q;+3. The second-order valence-electron chi connectivity index (χ2n) is 1.34. The van der Waals surface area contributed by atoms with E-state index in [-0.39, 0.29) is 17.4 Å². The molecule has 0 heterocycles. The van der Waals surface area contributed by atoms with Crippen molar-refractivity contribution < 1.29 is 0 Å². The Morgan fingerprint density at radius 3 is 1.00 bits per heavy atom. The maximum absolute atomic E-state index is 2.00. The SMILES string of the molecule is CN(C)C.[Al+3]. The molecule has 26 valence electrons. The van der Waals surface area contributed by atoms with Crippen LogP contribution >= 0.6 is 0 Å². The Morgan fingerprint density at radius 1 is 1.00 bits per heavy atom. The van der Waals surface area contributed by atoms with E-state index in [1.165, 1.54) is 0 Å². The van der Waals surface area contributed by atoms with Crippen molar-refractivity contribution in [2.24, 2.45) is 0 Å². The van der Waals surface area contributed by atoms with Gasteiger partial charge in [0, 0.05) is 0 Å². The minimum absolute atomic E-state index is 0. The first kappa shape index (κ1) is 9.09. The topological polar surface area (TPSA) is 3.24 Å². The normalized spacial score (nSPS) is 7.20. The zero-order valence-corrected chi connectivity index (χ0v) is 5.18. The van der Waals surface area contributed by atoms with Crippen LogP contribution in [0.3, 0.4) is 0 Å². The zero-order chi connectivity index (χ0) is 3.58. The molecule has 0 aromatic heterocycles. The fourth-order valence-corrected chi connectivity index (χ4v) is 0. The fourth-order valence-electron chi connectivity index (χ4n) is 0. The minimum Gasteiger partial charge on any atom is -0.312 e. The second kappa shape index (κ2) is 4.49. The molecule has 0 unspecified atom stereocenters. The van der Waals surface area contributed by atoms with Crippen molar-refractivity contribution in [3.63, 3.8) is 0 Å². The second-order valence-corrected chi connectivity index (χ2v) is 1.34. The summed E-state index contributed by atoms with van der Waals surface area (Å²) in [7, 11) is 6.00. The number of hydrogen-bond acceptors (Lipinski definition) is 1. The Labute approximate surface area is 44.1 Å². The smallest absolute Gasteiger partial charge is 0.312 e. The van der Waals surface area contributed by atoms with Gasteiger partial charge in [0.05, 0.1) is 0 Å². The van der Waals surface area contributed by atoms with Gasteiger partial charge in [-0.25, -0.2) is 0 Å². The van der Waals surface area contributed by atoms with Gasteiger partial charge in [0.25, 0.3) is 0 Å². The molecule has 0 aromatic carbocycles. The van der Waals surface area contributed by atoms with Crippen molar-refractivity contribution >= 4 is 17.4 Å². The van der Waals surface area contributed by atoms with Crippen LogP contribution in [0.2, 0.25) is 0 Å². The van der Waals surface area contributed by atoms with Gasteiger partial charge >= 0.3 is 17.4 Å². The van der Waals surface area contributed by atoms with Crippen molar-refractivity contribution in [2.45, 2.75) is 0 Å². The molecule has 0 saturated carbocycles. The summed E-state index contributed by atoms with van der Waals surface area (Å²) < 4.78 is 0. The van der Waals surface area contributed by atoms with Crippen LogP contribution in [0.15, 0.2) is 0 Å². The Kier molecular flexibility index (Phi) is 8.17. The monoisotopic (exact) mass is 86.1 g/mol. The van der Waals surface area contributed by atoms with Crippen LogP contribution in [0, 0.1) is 0 Å². The van der Waals surface area contributed by atoms with E-state index in [1.807, 2.05) is 26.0 Å². The molecule has 0 rings (SSSR count). The molecule has 0 aliphatic carbocycles. The van der Waals surface area contributed by atoms with E-state index in [1.54, 1.807) is 0 Å². The Balaban J connectivity index is 0. The molecule has 0 amide bonds. The van der Waals surface area contributed by atoms with Gasteiger partial charge in [-0.2, -0.15) is 0 Å². The maximum atomic E-state index is 2.00. The minimum atomic E-state index is 0. The maximum Gasteiger partial charge on any atom is 3.00 e. The van der Waals surface area contributed by atoms with Crippen LogP contribution in [-0.2, 0) is 0 Å². The van der Waals surface area contributed by atoms with E-state index in [0.717, 1.165) is 0 Å². The van der Waals surface area contributed by atoms with E-state index in [4.69, 9.17) is 0 Å². The molecular formula is C3H9AlN+3. The largest absolute Gasteiger partial charge is 3.00 e. The van der Waals surface area contributed by atoms with Crippen LogP contribution in [0.4, 0.5) is 0 Å². The summed E-state index contributed by atoms with van der Waals surface area (Å²) in [6, 6.07) is 0. The molecule has 0 saturated heterocycles. The zero-order valence-electron chi connectivity index (χ0n) is 4.02. The molecular weight excluding hydrogens is 77.0 g/mol. The molecule has 0 aliphatic heterocycles. The molecule has 5 heavy (non-hydrogen) atoms. The Hall–Kier alpha value is 0.492. The van der Waals surface area contributed by atoms with E-state index in [2.05, 4.69) is 0 Å². The fraction of sp³-hybridized carbons (Fsp3) is 1.00. The average molecular weight is 86.1 g/mol. The quantitative estimate of drug-likeness (QED) is 0.369. The van der Waals surface area contributed by atoms with Crippen LogP contribution in [0.1, 0.15) is 0 Å². The first-order chi connectivity index (χ1) is 1.73. The summed E-state index contributed by atoms with van der Waals surface area (Å²) in [5.41, 5.74) is 0. The Bertz CT molecular complexity index is 11.6. The summed E-state index contributed by atoms with van der Waals surface area (Å²) in [6.45, 7) is 0. The van der Waals surface area contributed by atoms with E-state index >= 15 is 0 Å². The molecule has 0 aromatic rings. The summed E-state index contributed by atoms with van der Waals surface area (Å²) >= 11 is 0. The van der Waals surface area contributed by atoms with Gasteiger partial charge in [-0.05, 0) is 21.1 Å². The number of hydrogen-bond donors (Lipinski definition) is 0. The molecule has 0 aliphatic rings. The van der Waals surface area contributed by atoms with Gasteiger partial charge in [-0.1, -0.05) is 0 Å². The average Bonchev–Trinajstić information content (AvgIpc) is 0.811. The summed E-state index contributed by atoms with van der Waals surface area (Å²) in [4.78, 5) is 2.00. The van der Waals surface area contributed by atoms with E-state index < -0.39 is 0 Å². The van der Waals surface area contributed by atoms with Gasteiger partial charge in [0.1, 0.15) is 0 Å². The molecule has 0 atom stereocenters. The van der Waals surface area contributed by atoms with Crippen LogP contribution in [0.25, 0.3) is 0 Å². The van der Waals surface area contributed by atoms with Crippen molar-refractivity contribution in [3.8, 4) is 0 Å². The number of nitrogens with zero attached hydrogens (tertiary/aromatic N) is 1. The predicted octanol–water partition coefficient (Wildman–Crippen LogP) is -0.203. The van der Waals surface area contributed by atoms with E-state index in [0.29, 0.717) is 0 Å². The first-order valence-corrected chi connectivity index (χ1v) is 1.34. The molecule has 0 spiro atoms.